The van der Waals surface area contributed by atoms with E-state index < -0.39 is 75.8 Å². The number of fused-ring (bicyclic) bond motifs is 2. The molecule has 15 nitrogen and oxygen atoms in total. The number of nitrogens with one attached hydrogen (secondary N) is 2. The summed E-state index contributed by atoms with van der Waals surface area (Å²) in [5, 5.41) is 28.6. The molecule has 0 fully saturated rings. The van der Waals surface area contributed by atoms with Crippen LogP contribution in [0.15, 0.2) is 56.7 Å². The van der Waals surface area contributed by atoms with Crippen molar-refractivity contribution in [1.29, 1.82) is 5.41 Å². The fraction of sp³-hybridized carbons (Fsp3) is 0.154. The first-order chi connectivity index (χ1) is 21.0. The summed E-state index contributed by atoms with van der Waals surface area (Å²) in [7, 11) is -7.64. The number of carboxylic acids is 2. The van der Waals surface area contributed by atoms with Crippen LogP contribution in [0.4, 0.5) is 5.69 Å². The molecule has 1 amide bonds. The minimum absolute atomic E-state index is 0.0136. The SMILES string of the molecule is N=c1ccc2c(-c3ccc(C(=O)NCCSSCCC(=O)O)cc3C(=O)O)c3ccc(N)c(S(=O)(=O)O)c3oc-2c1S(=O)(=O)O. The fourth-order valence-corrected chi connectivity index (χ4v) is 7.80. The van der Waals surface area contributed by atoms with Crippen LogP contribution in [0.3, 0.4) is 0 Å². The van der Waals surface area contributed by atoms with Gasteiger partial charge in [0.15, 0.2) is 21.1 Å². The smallest absolute Gasteiger partial charge is 0.336 e. The van der Waals surface area contributed by atoms with E-state index in [9.17, 15) is 45.4 Å². The Balaban J connectivity index is 1.90. The molecule has 0 spiro atoms. The number of hydrogen-bond acceptors (Lipinski definition) is 12. The number of carbonyl (C=O) groups is 3. The molecule has 2 aromatic rings. The molecule has 0 saturated heterocycles. The van der Waals surface area contributed by atoms with Gasteiger partial charge in [-0.1, -0.05) is 27.7 Å². The average molecular weight is 698 g/mol. The van der Waals surface area contributed by atoms with Gasteiger partial charge in [0.2, 0.25) is 0 Å². The number of hydrogen-bond donors (Lipinski definition) is 7. The van der Waals surface area contributed by atoms with Crippen molar-refractivity contribution in [2.24, 2.45) is 0 Å². The highest BCUT2D eigenvalue weighted by atomic mass is 33.1. The Bertz CT molecular complexity index is 2110. The highest BCUT2D eigenvalue weighted by Gasteiger charge is 2.32. The lowest BCUT2D eigenvalue weighted by Gasteiger charge is -2.20. The molecule has 4 rings (SSSR count). The van der Waals surface area contributed by atoms with Crippen molar-refractivity contribution < 1.29 is 55.0 Å². The second-order valence-corrected chi connectivity index (χ2v) is 14.6. The Kier molecular flexibility index (Phi) is 9.80. The molecule has 1 aliphatic carbocycles. The number of aliphatic carboxylic acids is 1. The van der Waals surface area contributed by atoms with Crippen molar-refractivity contribution in [3.8, 4) is 22.5 Å². The largest absolute Gasteiger partial charge is 0.481 e. The summed E-state index contributed by atoms with van der Waals surface area (Å²) in [6.45, 7) is 0.177. The van der Waals surface area contributed by atoms with E-state index in [-0.39, 0.29) is 40.6 Å². The van der Waals surface area contributed by atoms with Gasteiger partial charge in [0.1, 0.15) is 0 Å². The van der Waals surface area contributed by atoms with Gasteiger partial charge < -0.3 is 25.7 Å². The highest BCUT2D eigenvalue weighted by Crippen LogP contribution is 2.45. The number of nitrogens with two attached hydrogens (primary N) is 1. The number of anilines is 1. The topological polar surface area (TPSA) is 275 Å². The molecule has 0 unspecified atom stereocenters. The van der Waals surface area contributed by atoms with Crippen molar-refractivity contribution in [3.63, 3.8) is 0 Å². The number of amides is 1. The molecule has 0 radical (unpaired) electrons. The predicted octanol–water partition coefficient (Wildman–Crippen LogP) is 3.04. The van der Waals surface area contributed by atoms with E-state index in [2.05, 4.69) is 5.32 Å². The standard InChI is InChI=1S/C26H23N3O12S4/c27-17-5-3-14-20(15-4-6-18(28)24(45(38,39)40)22(15)41-21(14)23(17)44(35,36)37)13-2-1-12(11-16(13)26(33)34)25(32)29-8-10-43-42-9-7-19(30)31/h1-6,11,27H,7-10,28H2,(H,29,32)(H,30,31)(H,33,34)(H,35,36,37)(H,38,39,40). The van der Waals surface area contributed by atoms with Crippen molar-refractivity contribution in [3.05, 3.63) is 58.9 Å². The van der Waals surface area contributed by atoms with E-state index in [0.717, 1.165) is 18.2 Å². The van der Waals surface area contributed by atoms with Crippen molar-refractivity contribution >= 4 is 76.3 Å². The lowest BCUT2D eigenvalue weighted by atomic mass is 9.89. The predicted molar refractivity (Wildman–Crippen MR) is 165 cm³/mol. The van der Waals surface area contributed by atoms with Gasteiger partial charge in [-0.3, -0.25) is 24.1 Å². The van der Waals surface area contributed by atoms with Crippen molar-refractivity contribution in [2.45, 2.75) is 16.2 Å². The zero-order valence-corrected chi connectivity index (χ0v) is 25.9. The number of aromatic carboxylic acids is 1. The van der Waals surface area contributed by atoms with Gasteiger partial charge in [0, 0.05) is 40.1 Å². The molecule has 2 aliphatic rings. The van der Waals surface area contributed by atoms with Gasteiger partial charge in [0.05, 0.1) is 23.0 Å². The van der Waals surface area contributed by atoms with Gasteiger partial charge in [-0.05, 0) is 42.0 Å². The number of carbonyl (C=O) groups excluding carboxylic acids is 1. The molecule has 238 valence electrons. The van der Waals surface area contributed by atoms with Crippen LogP contribution in [0, 0.1) is 5.41 Å². The summed E-state index contributed by atoms with van der Waals surface area (Å²) in [6.07, 6.45) is -0.0136. The van der Waals surface area contributed by atoms with Crippen LogP contribution in [0.25, 0.3) is 33.4 Å². The summed E-state index contributed by atoms with van der Waals surface area (Å²) < 4.78 is 74.7. The van der Waals surface area contributed by atoms with E-state index in [0.29, 0.717) is 11.5 Å². The third-order valence-electron chi connectivity index (χ3n) is 6.25. The highest BCUT2D eigenvalue weighted by molar-refractivity contribution is 8.76. The minimum Gasteiger partial charge on any atom is -0.481 e. The molecular formula is C26H23N3O12S4. The first kappa shape index (κ1) is 33.7. The average Bonchev–Trinajstić information content (AvgIpc) is 2.93. The Morgan fingerprint density at radius 3 is 2.16 bits per heavy atom. The van der Waals surface area contributed by atoms with Crippen LogP contribution in [0.2, 0.25) is 0 Å². The molecule has 2 aromatic carbocycles. The summed E-state index contributed by atoms with van der Waals surface area (Å²) in [4.78, 5) is 33.9. The molecule has 0 atom stereocenters. The Labute approximate surface area is 262 Å². The Morgan fingerprint density at radius 2 is 1.53 bits per heavy atom. The maximum atomic E-state index is 12.8. The van der Waals surface area contributed by atoms with Gasteiger partial charge >= 0.3 is 11.9 Å². The number of rotatable bonds is 12. The third kappa shape index (κ3) is 7.24. The zero-order valence-electron chi connectivity index (χ0n) is 22.6. The van der Waals surface area contributed by atoms with Crippen LogP contribution in [-0.4, -0.2) is 72.1 Å². The molecule has 1 heterocycles. The quantitative estimate of drug-likeness (QED) is 0.0368. The normalized spacial score (nSPS) is 12.0. The minimum atomic E-state index is -5.17. The van der Waals surface area contributed by atoms with Crippen LogP contribution in [0.1, 0.15) is 27.1 Å². The van der Waals surface area contributed by atoms with Crippen LogP contribution in [-0.2, 0) is 25.0 Å². The first-order valence-electron chi connectivity index (χ1n) is 12.5. The molecule has 0 saturated carbocycles. The van der Waals surface area contributed by atoms with E-state index in [1.54, 1.807) is 0 Å². The Hall–Kier alpha value is -4.14. The molecule has 8 N–H and O–H groups in total. The summed E-state index contributed by atoms with van der Waals surface area (Å²) in [5.74, 6) is -3.00. The second kappa shape index (κ2) is 13.1. The van der Waals surface area contributed by atoms with Gasteiger partial charge in [-0.2, -0.15) is 16.8 Å². The second-order valence-electron chi connectivity index (χ2n) is 9.22. The third-order valence-corrected chi connectivity index (χ3v) is 10.5. The number of carboxylic acid groups (broad SMARTS) is 2. The molecule has 0 aromatic heterocycles. The summed E-state index contributed by atoms with van der Waals surface area (Å²) in [5.41, 5.74) is 3.66. The molecule has 45 heavy (non-hydrogen) atoms. The Morgan fingerprint density at radius 1 is 0.889 bits per heavy atom. The monoisotopic (exact) mass is 697 g/mol. The summed E-state index contributed by atoms with van der Waals surface area (Å²) >= 11 is 0. The van der Waals surface area contributed by atoms with Crippen molar-refractivity contribution in [1.82, 2.24) is 5.32 Å². The summed E-state index contributed by atoms with van der Waals surface area (Å²) in [6, 6.07) is 8.10. The molecular weight excluding hydrogens is 675 g/mol. The van der Waals surface area contributed by atoms with Crippen molar-refractivity contribution in [2.75, 3.05) is 23.8 Å². The molecule has 19 heteroatoms. The van der Waals surface area contributed by atoms with Crippen LogP contribution < -0.4 is 16.4 Å². The zero-order chi connectivity index (χ0) is 33.3. The number of benzene rings is 3. The van der Waals surface area contributed by atoms with Gasteiger partial charge in [0.25, 0.3) is 26.1 Å². The van der Waals surface area contributed by atoms with E-state index >= 15 is 0 Å². The molecule has 1 aliphatic heterocycles. The van der Waals surface area contributed by atoms with Gasteiger partial charge in [-0.25, -0.2) is 4.79 Å². The molecule has 0 bridgehead atoms. The first-order valence-corrected chi connectivity index (χ1v) is 17.8. The van der Waals surface area contributed by atoms with E-state index in [1.165, 1.54) is 45.9 Å². The van der Waals surface area contributed by atoms with E-state index in [4.69, 9.17) is 20.7 Å². The van der Waals surface area contributed by atoms with Crippen LogP contribution in [0.5, 0.6) is 0 Å². The maximum Gasteiger partial charge on any atom is 0.336 e. The number of nitrogen functional groups attached to an aromatic ring is 1. The lowest BCUT2D eigenvalue weighted by Crippen LogP contribution is -2.26. The lowest BCUT2D eigenvalue weighted by molar-refractivity contribution is -0.136. The van der Waals surface area contributed by atoms with E-state index in [1.807, 2.05) is 0 Å². The van der Waals surface area contributed by atoms with Crippen LogP contribution >= 0.6 is 21.6 Å². The maximum absolute atomic E-state index is 12.8. The van der Waals surface area contributed by atoms with Gasteiger partial charge in [-0.15, -0.1) is 0 Å². The fourth-order valence-electron chi connectivity index (χ4n) is 4.43.